The summed E-state index contributed by atoms with van der Waals surface area (Å²) in [5.74, 6) is 0.245. The zero-order valence-corrected chi connectivity index (χ0v) is 15.5. The number of amides is 1. The van der Waals surface area contributed by atoms with Crippen LogP contribution in [0.4, 0.5) is 0 Å². The summed E-state index contributed by atoms with van der Waals surface area (Å²) in [5, 5.41) is 3.64. The third kappa shape index (κ3) is 3.50. The van der Waals surface area contributed by atoms with Gasteiger partial charge in [0.15, 0.2) is 0 Å². The number of nitrogens with one attached hydrogen (secondary N) is 1. The zero-order valence-electron chi connectivity index (χ0n) is 13.1. The molecule has 2 fully saturated rings. The van der Waals surface area contributed by atoms with Gasteiger partial charge in [0.25, 0.3) is 0 Å². The highest BCUT2D eigenvalue weighted by Gasteiger charge is 2.38. The van der Waals surface area contributed by atoms with E-state index in [0.717, 1.165) is 29.5 Å². The maximum atomic E-state index is 13.0. The van der Waals surface area contributed by atoms with Crippen LogP contribution in [0, 0.1) is 0 Å². The standard InChI is InChI=1S/C17H23BrN2O.ClH/c1-17(2,12-4-3-5-13(18)10-12)16(21)20-9-8-14-6-7-15(11-20)19-14;/h3-5,10,14-15,19H,6-9,11H2,1-2H3;1H. The first-order valence-electron chi connectivity index (χ1n) is 7.78. The molecular formula is C17H24BrClN2O. The van der Waals surface area contributed by atoms with Gasteiger partial charge in [-0.05, 0) is 50.8 Å². The van der Waals surface area contributed by atoms with E-state index >= 15 is 0 Å². The summed E-state index contributed by atoms with van der Waals surface area (Å²) >= 11 is 3.50. The summed E-state index contributed by atoms with van der Waals surface area (Å²) in [6.45, 7) is 5.80. The fourth-order valence-corrected chi connectivity index (χ4v) is 3.92. The van der Waals surface area contributed by atoms with Crippen LogP contribution in [0.15, 0.2) is 28.7 Å². The maximum absolute atomic E-state index is 13.0. The monoisotopic (exact) mass is 386 g/mol. The molecule has 0 saturated carbocycles. The number of halogens is 2. The Bertz CT molecular complexity index is 549. The second-order valence-corrected chi connectivity index (χ2v) is 7.73. The van der Waals surface area contributed by atoms with E-state index in [1.165, 1.54) is 12.8 Å². The first-order valence-corrected chi connectivity index (χ1v) is 8.57. The van der Waals surface area contributed by atoms with Gasteiger partial charge in [-0.2, -0.15) is 0 Å². The van der Waals surface area contributed by atoms with Crippen LogP contribution in [-0.2, 0) is 10.2 Å². The van der Waals surface area contributed by atoms with E-state index < -0.39 is 5.41 Å². The number of carbonyl (C=O) groups excluding carboxylic acids is 1. The Labute approximate surface area is 147 Å². The van der Waals surface area contributed by atoms with Crippen molar-refractivity contribution >= 4 is 34.2 Å². The van der Waals surface area contributed by atoms with Gasteiger partial charge in [-0.15, -0.1) is 12.4 Å². The van der Waals surface area contributed by atoms with E-state index in [4.69, 9.17) is 0 Å². The second kappa shape index (κ2) is 6.90. The van der Waals surface area contributed by atoms with E-state index in [2.05, 4.69) is 32.2 Å². The van der Waals surface area contributed by atoms with E-state index in [-0.39, 0.29) is 18.3 Å². The Morgan fingerprint density at radius 3 is 2.73 bits per heavy atom. The van der Waals surface area contributed by atoms with Crippen LogP contribution in [-0.4, -0.2) is 36.0 Å². The molecule has 2 aliphatic rings. The van der Waals surface area contributed by atoms with Crippen molar-refractivity contribution in [1.82, 2.24) is 10.2 Å². The van der Waals surface area contributed by atoms with E-state index in [1.54, 1.807) is 0 Å². The van der Waals surface area contributed by atoms with E-state index in [0.29, 0.717) is 12.1 Å². The molecule has 2 atom stereocenters. The molecule has 3 rings (SSSR count). The van der Waals surface area contributed by atoms with Gasteiger partial charge in [0.05, 0.1) is 5.41 Å². The normalized spacial score (nSPS) is 24.6. The number of nitrogens with zero attached hydrogens (tertiary/aromatic N) is 1. The van der Waals surface area contributed by atoms with Crippen LogP contribution in [0.5, 0.6) is 0 Å². The molecule has 0 aromatic heterocycles. The SMILES string of the molecule is CC(C)(C(=O)N1CCC2CCC(C1)N2)c1cccc(Br)c1.Cl. The van der Waals surface area contributed by atoms with Gasteiger partial charge in [0, 0.05) is 29.6 Å². The second-order valence-electron chi connectivity index (χ2n) is 6.81. The molecule has 2 bridgehead atoms. The topological polar surface area (TPSA) is 32.3 Å². The van der Waals surface area contributed by atoms with Crippen LogP contribution in [0.1, 0.15) is 38.7 Å². The fourth-order valence-electron chi connectivity index (χ4n) is 3.52. The Kier molecular flexibility index (Phi) is 5.57. The van der Waals surface area contributed by atoms with Crippen LogP contribution in [0.3, 0.4) is 0 Å². The molecule has 1 aromatic carbocycles. The molecule has 22 heavy (non-hydrogen) atoms. The van der Waals surface area contributed by atoms with Crippen molar-refractivity contribution in [2.75, 3.05) is 13.1 Å². The molecule has 1 amide bonds. The van der Waals surface area contributed by atoms with Crippen LogP contribution in [0.2, 0.25) is 0 Å². The minimum atomic E-state index is -0.479. The molecular weight excluding hydrogens is 364 g/mol. The number of fused-ring (bicyclic) bond motifs is 2. The lowest BCUT2D eigenvalue weighted by Crippen LogP contribution is -2.47. The third-order valence-corrected chi connectivity index (χ3v) is 5.38. The number of hydrogen-bond acceptors (Lipinski definition) is 2. The molecule has 0 aliphatic carbocycles. The molecule has 3 nitrogen and oxygen atoms in total. The molecule has 2 saturated heterocycles. The summed E-state index contributed by atoms with van der Waals surface area (Å²) in [5.41, 5.74) is 0.595. The smallest absolute Gasteiger partial charge is 0.232 e. The van der Waals surface area contributed by atoms with E-state index in [1.807, 2.05) is 32.0 Å². The first-order chi connectivity index (χ1) is 9.96. The van der Waals surface area contributed by atoms with Crippen molar-refractivity contribution in [2.24, 2.45) is 0 Å². The molecule has 2 aliphatic heterocycles. The van der Waals surface area contributed by atoms with Crippen molar-refractivity contribution in [3.63, 3.8) is 0 Å². The highest BCUT2D eigenvalue weighted by Crippen LogP contribution is 2.30. The lowest BCUT2D eigenvalue weighted by atomic mass is 9.83. The summed E-state index contributed by atoms with van der Waals surface area (Å²) in [7, 11) is 0. The van der Waals surface area contributed by atoms with Gasteiger partial charge in [0.2, 0.25) is 5.91 Å². The Balaban J connectivity index is 0.00000176. The molecule has 0 radical (unpaired) electrons. The number of hydrogen-bond donors (Lipinski definition) is 1. The zero-order chi connectivity index (χ0) is 15.0. The summed E-state index contributed by atoms with van der Waals surface area (Å²) < 4.78 is 1.03. The van der Waals surface area contributed by atoms with Gasteiger partial charge >= 0.3 is 0 Å². The Morgan fingerprint density at radius 2 is 2.00 bits per heavy atom. The lowest BCUT2D eigenvalue weighted by Gasteiger charge is -2.33. The molecule has 5 heteroatoms. The molecule has 2 unspecified atom stereocenters. The highest BCUT2D eigenvalue weighted by atomic mass is 79.9. The predicted molar refractivity (Wildman–Crippen MR) is 95.6 cm³/mol. The van der Waals surface area contributed by atoms with Crippen molar-refractivity contribution in [3.8, 4) is 0 Å². The molecule has 1 N–H and O–H groups in total. The van der Waals surface area contributed by atoms with Gasteiger partial charge in [-0.25, -0.2) is 0 Å². The highest BCUT2D eigenvalue weighted by molar-refractivity contribution is 9.10. The molecule has 1 aromatic rings. The largest absolute Gasteiger partial charge is 0.340 e. The average Bonchev–Trinajstić information content (AvgIpc) is 2.77. The third-order valence-electron chi connectivity index (χ3n) is 4.89. The lowest BCUT2D eigenvalue weighted by molar-refractivity contribution is -0.136. The van der Waals surface area contributed by atoms with Crippen LogP contribution < -0.4 is 5.32 Å². The number of rotatable bonds is 2. The van der Waals surface area contributed by atoms with Gasteiger partial charge in [0.1, 0.15) is 0 Å². The van der Waals surface area contributed by atoms with Gasteiger partial charge in [-0.3, -0.25) is 4.79 Å². The number of benzene rings is 1. The van der Waals surface area contributed by atoms with Crippen molar-refractivity contribution in [1.29, 1.82) is 0 Å². The summed E-state index contributed by atoms with van der Waals surface area (Å²) in [6, 6.07) is 9.20. The van der Waals surface area contributed by atoms with Gasteiger partial charge < -0.3 is 10.2 Å². The Hall–Kier alpha value is -0.580. The average molecular weight is 388 g/mol. The molecule has 0 spiro atoms. The summed E-state index contributed by atoms with van der Waals surface area (Å²) in [6.07, 6.45) is 3.55. The predicted octanol–water partition coefficient (Wildman–Crippen LogP) is 3.50. The number of carbonyl (C=O) groups is 1. The fraction of sp³-hybridized carbons (Fsp3) is 0.588. The quantitative estimate of drug-likeness (QED) is 0.842. The minimum Gasteiger partial charge on any atom is -0.340 e. The van der Waals surface area contributed by atoms with Crippen molar-refractivity contribution in [2.45, 2.75) is 50.6 Å². The molecule has 2 heterocycles. The molecule has 122 valence electrons. The Morgan fingerprint density at radius 1 is 1.27 bits per heavy atom. The minimum absolute atomic E-state index is 0. The van der Waals surface area contributed by atoms with Crippen LogP contribution >= 0.6 is 28.3 Å². The number of likely N-dealkylation sites (tertiary alicyclic amines) is 1. The van der Waals surface area contributed by atoms with Crippen molar-refractivity contribution < 1.29 is 4.79 Å². The summed E-state index contributed by atoms with van der Waals surface area (Å²) in [4.78, 5) is 15.1. The van der Waals surface area contributed by atoms with Gasteiger partial charge in [-0.1, -0.05) is 28.1 Å². The van der Waals surface area contributed by atoms with E-state index in [9.17, 15) is 4.79 Å². The first kappa shape index (κ1) is 17.8. The van der Waals surface area contributed by atoms with Crippen LogP contribution in [0.25, 0.3) is 0 Å². The maximum Gasteiger partial charge on any atom is 0.232 e. The van der Waals surface area contributed by atoms with Crippen molar-refractivity contribution in [3.05, 3.63) is 34.3 Å².